The van der Waals surface area contributed by atoms with E-state index in [-0.39, 0.29) is 0 Å². The van der Waals surface area contributed by atoms with Crippen LogP contribution in [-0.2, 0) is 6.42 Å². The molecule has 0 saturated carbocycles. The van der Waals surface area contributed by atoms with Crippen LogP contribution >= 0.6 is 23.2 Å². The van der Waals surface area contributed by atoms with Gasteiger partial charge in [-0.1, -0.05) is 47.5 Å². The predicted octanol–water partition coefficient (Wildman–Crippen LogP) is 4.59. The van der Waals surface area contributed by atoms with Gasteiger partial charge in [-0.05, 0) is 30.2 Å². The molecule has 106 valence electrons. The Labute approximate surface area is 132 Å². The maximum atomic E-state index is 6.13. The van der Waals surface area contributed by atoms with Crippen LogP contribution in [0, 0.1) is 0 Å². The molecule has 3 rings (SSSR count). The van der Waals surface area contributed by atoms with E-state index >= 15 is 0 Å². The molecule has 0 bridgehead atoms. The smallest absolute Gasteiger partial charge is 0.114 e. The first-order chi connectivity index (χ1) is 10.2. The van der Waals surface area contributed by atoms with Crippen LogP contribution in [0.5, 0.6) is 0 Å². The molecule has 0 unspecified atom stereocenters. The van der Waals surface area contributed by atoms with Crippen molar-refractivity contribution in [2.75, 3.05) is 11.9 Å². The summed E-state index contributed by atoms with van der Waals surface area (Å²) in [6.45, 7) is 0.801. The molecule has 0 aliphatic carbocycles. The molecule has 0 aliphatic rings. The van der Waals surface area contributed by atoms with E-state index in [0.29, 0.717) is 5.02 Å². The fraction of sp³-hybridized carbons (Fsp3) is 0.125. The topological polar surface area (TPSA) is 37.8 Å². The first-order valence-electron chi connectivity index (χ1n) is 6.62. The van der Waals surface area contributed by atoms with Crippen LogP contribution in [0.15, 0.2) is 48.7 Å². The molecule has 0 amide bonds. The van der Waals surface area contributed by atoms with Crippen LogP contribution in [0.3, 0.4) is 0 Å². The van der Waals surface area contributed by atoms with Gasteiger partial charge in [0.25, 0.3) is 0 Å². The molecule has 5 heteroatoms. The Hall–Kier alpha value is -1.84. The van der Waals surface area contributed by atoms with Crippen molar-refractivity contribution >= 4 is 39.8 Å². The molecule has 0 atom stereocenters. The van der Waals surface area contributed by atoms with Crippen molar-refractivity contribution < 1.29 is 0 Å². The molecule has 1 aromatic heterocycles. The number of aromatic nitrogens is 2. The van der Waals surface area contributed by atoms with E-state index in [1.165, 1.54) is 5.56 Å². The number of benzene rings is 2. The zero-order chi connectivity index (χ0) is 14.7. The Morgan fingerprint density at radius 3 is 2.62 bits per heavy atom. The fourth-order valence-electron chi connectivity index (χ4n) is 2.18. The Morgan fingerprint density at radius 1 is 1.00 bits per heavy atom. The minimum Gasteiger partial charge on any atom is -0.383 e. The lowest BCUT2D eigenvalue weighted by Gasteiger charge is -2.09. The number of fused-ring (bicyclic) bond motifs is 1. The average Bonchev–Trinajstić information content (AvgIpc) is 2.50. The summed E-state index contributed by atoms with van der Waals surface area (Å²) < 4.78 is 0. The van der Waals surface area contributed by atoms with Crippen molar-refractivity contribution in [1.29, 1.82) is 0 Å². The standard InChI is InChI=1S/C16H13Cl2N3/c17-12-6-4-11(5-7-12)8-9-19-15-10-20-21-16-13(15)2-1-3-14(16)18/h1-7,10H,8-9H2,(H,19,21). The number of nitrogens with zero attached hydrogens (tertiary/aromatic N) is 2. The SMILES string of the molecule is Clc1ccc(CCNc2cnnc3c(Cl)cccc23)cc1. The van der Waals surface area contributed by atoms with Crippen LogP contribution < -0.4 is 5.32 Å². The Kier molecular flexibility index (Phi) is 4.23. The summed E-state index contributed by atoms with van der Waals surface area (Å²) in [6, 6.07) is 13.6. The van der Waals surface area contributed by atoms with Gasteiger partial charge in [0.2, 0.25) is 0 Å². The number of hydrogen-bond donors (Lipinski definition) is 1. The van der Waals surface area contributed by atoms with Crippen molar-refractivity contribution in [3.8, 4) is 0 Å². The zero-order valence-corrected chi connectivity index (χ0v) is 12.7. The third-order valence-corrected chi connectivity index (χ3v) is 3.82. The number of nitrogens with one attached hydrogen (secondary N) is 1. The summed E-state index contributed by atoms with van der Waals surface area (Å²) in [5.41, 5.74) is 2.89. The molecular weight excluding hydrogens is 305 g/mol. The van der Waals surface area contributed by atoms with Crippen LogP contribution in [-0.4, -0.2) is 16.7 Å². The molecular formula is C16H13Cl2N3. The van der Waals surface area contributed by atoms with E-state index in [0.717, 1.165) is 34.6 Å². The predicted molar refractivity (Wildman–Crippen MR) is 88.2 cm³/mol. The van der Waals surface area contributed by atoms with Crippen molar-refractivity contribution in [1.82, 2.24) is 10.2 Å². The van der Waals surface area contributed by atoms with Crippen LogP contribution in [0.2, 0.25) is 10.0 Å². The minimum atomic E-state index is 0.612. The van der Waals surface area contributed by atoms with E-state index in [4.69, 9.17) is 23.2 Å². The highest BCUT2D eigenvalue weighted by atomic mass is 35.5. The monoisotopic (exact) mass is 317 g/mol. The van der Waals surface area contributed by atoms with Crippen molar-refractivity contribution in [3.05, 3.63) is 64.3 Å². The number of rotatable bonds is 4. The highest BCUT2D eigenvalue weighted by Gasteiger charge is 2.05. The summed E-state index contributed by atoms with van der Waals surface area (Å²) in [5, 5.41) is 13.8. The van der Waals surface area contributed by atoms with E-state index in [9.17, 15) is 0 Å². The molecule has 0 radical (unpaired) electrons. The second-order valence-electron chi connectivity index (χ2n) is 4.70. The van der Waals surface area contributed by atoms with Crippen molar-refractivity contribution in [2.45, 2.75) is 6.42 Å². The Bertz CT molecular complexity index is 757. The lowest BCUT2D eigenvalue weighted by Crippen LogP contribution is -2.06. The summed E-state index contributed by atoms with van der Waals surface area (Å²) >= 11 is 12.0. The summed E-state index contributed by atoms with van der Waals surface area (Å²) in [6.07, 6.45) is 2.63. The third kappa shape index (κ3) is 3.26. The second kappa shape index (κ2) is 6.29. The van der Waals surface area contributed by atoms with E-state index in [1.54, 1.807) is 6.20 Å². The number of hydrogen-bond acceptors (Lipinski definition) is 3. The van der Waals surface area contributed by atoms with Gasteiger partial charge in [0.1, 0.15) is 5.52 Å². The molecule has 21 heavy (non-hydrogen) atoms. The summed E-state index contributed by atoms with van der Waals surface area (Å²) in [7, 11) is 0. The third-order valence-electron chi connectivity index (χ3n) is 3.26. The summed E-state index contributed by atoms with van der Waals surface area (Å²) in [4.78, 5) is 0. The number of anilines is 1. The van der Waals surface area contributed by atoms with E-state index < -0.39 is 0 Å². The second-order valence-corrected chi connectivity index (χ2v) is 5.54. The van der Waals surface area contributed by atoms with Crippen LogP contribution in [0.25, 0.3) is 10.9 Å². The maximum Gasteiger partial charge on any atom is 0.114 e. The van der Waals surface area contributed by atoms with Gasteiger partial charge in [0.15, 0.2) is 0 Å². The number of halogens is 2. The van der Waals surface area contributed by atoms with Crippen LogP contribution in [0.1, 0.15) is 5.56 Å². The highest BCUT2D eigenvalue weighted by molar-refractivity contribution is 6.35. The first kappa shape index (κ1) is 14.1. The first-order valence-corrected chi connectivity index (χ1v) is 7.38. The molecule has 3 nitrogen and oxygen atoms in total. The molecule has 2 aromatic carbocycles. The van der Waals surface area contributed by atoms with Crippen molar-refractivity contribution in [3.63, 3.8) is 0 Å². The zero-order valence-electron chi connectivity index (χ0n) is 11.2. The van der Waals surface area contributed by atoms with E-state index in [1.807, 2.05) is 42.5 Å². The van der Waals surface area contributed by atoms with Gasteiger partial charge < -0.3 is 5.32 Å². The largest absolute Gasteiger partial charge is 0.383 e. The lowest BCUT2D eigenvalue weighted by molar-refractivity contribution is 1.01. The molecule has 0 spiro atoms. The van der Waals surface area contributed by atoms with Gasteiger partial charge in [-0.25, -0.2) is 0 Å². The highest BCUT2D eigenvalue weighted by Crippen LogP contribution is 2.26. The molecule has 1 heterocycles. The van der Waals surface area contributed by atoms with Gasteiger partial charge in [-0.15, -0.1) is 5.10 Å². The van der Waals surface area contributed by atoms with Gasteiger partial charge in [0.05, 0.1) is 16.9 Å². The Balaban J connectivity index is 1.73. The molecule has 0 fully saturated rings. The quantitative estimate of drug-likeness (QED) is 0.764. The molecule has 1 N–H and O–H groups in total. The Morgan fingerprint density at radius 2 is 1.81 bits per heavy atom. The van der Waals surface area contributed by atoms with Gasteiger partial charge in [0, 0.05) is 17.0 Å². The van der Waals surface area contributed by atoms with E-state index in [2.05, 4.69) is 15.5 Å². The molecule has 0 saturated heterocycles. The fourth-order valence-corrected chi connectivity index (χ4v) is 2.52. The lowest BCUT2D eigenvalue weighted by atomic mass is 10.1. The van der Waals surface area contributed by atoms with Gasteiger partial charge >= 0.3 is 0 Å². The van der Waals surface area contributed by atoms with Crippen molar-refractivity contribution in [2.24, 2.45) is 0 Å². The molecule has 0 aliphatic heterocycles. The normalized spacial score (nSPS) is 10.8. The van der Waals surface area contributed by atoms with Crippen LogP contribution in [0.4, 0.5) is 5.69 Å². The maximum absolute atomic E-state index is 6.13. The van der Waals surface area contributed by atoms with Gasteiger partial charge in [-0.3, -0.25) is 0 Å². The molecule has 3 aromatic rings. The minimum absolute atomic E-state index is 0.612. The summed E-state index contributed by atoms with van der Waals surface area (Å²) in [5.74, 6) is 0. The average molecular weight is 318 g/mol. The van der Waals surface area contributed by atoms with Gasteiger partial charge in [-0.2, -0.15) is 5.10 Å².